The van der Waals surface area contributed by atoms with Gasteiger partial charge < -0.3 is 20.5 Å². The molecule has 31 heavy (non-hydrogen) atoms. The number of nitrogens with zero attached hydrogens (tertiary/aromatic N) is 6. The van der Waals surface area contributed by atoms with Gasteiger partial charge in [-0.2, -0.15) is 9.78 Å². The monoisotopic (exact) mass is 448 g/mol. The second-order valence-corrected chi connectivity index (χ2v) is 7.15. The molecule has 1 amide bonds. The molecule has 4 rings (SSSR count). The zero-order valence-corrected chi connectivity index (χ0v) is 16.9. The number of hydrogen-bond acceptors (Lipinski definition) is 10. The maximum absolute atomic E-state index is 12.8. The predicted octanol–water partition coefficient (Wildman–Crippen LogP) is -1.23. The molecule has 1 saturated heterocycles. The number of halogens is 1. The van der Waals surface area contributed by atoms with Crippen LogP contribution >= 0.6 is 11.6 Å². The summed E-state index contributed by atoms with van der Waals surface area (Å²) in [5.41, 5.74) is 9.03. The maximum atomic E-state index is 12.8. The number of hydrazone groups is 1. The Morgan fingerprint density at radius 3 is 2.94 bits per heavy atom. The first-order valence-corrected chi connectivity index (χ1v) is 9.67. The van der Waals surface area contributed by atoms with Gasteiger partial charge in [0.15, 0.2) is 5.69 Å². The van der Waals surface area contributed by atoms with Crippen molar-refractivity contribution in [2.45, 2.75) is 6.54 Å². The van der Waals surface area contributed by atoms with Crippen LogP contribution in [-0.4, -0.2) is 68.8 Å². The molecule has 13 nitrogen and oxygen atoms in total. The van der Waals surface area contributed by atoms with E-state index in [0.29, 0.717) is 36.0 Å². The molecule has 0 atom stereocenters. The fourth-order valence-electron chi connectivity index (χ4n) is 3.06. The standard InChI is InChI=1S/C17H18ClN9O4/c18-11-1-2-13(28)10(7-11)8-20-22-17(29)14-12(9-26-3-5-30-6-4-26)27(25-21-14)16-15(19)23-31-24-16/h1-2,7-8,28H,3-6,9H2,(H2,19,23)(H,22,29)/p+1/b20-8+. The number of nitrogens with one attached hydrogen (secondary N) is 2. The van der Waals surface area contributed by atoms with Gasteiger partial charge in [0.1, 0.15) is 31.1 Å². The number of rotatable bonds is 6. The molecular formula is C17H19ClN9O4+. The number of anilines is 1. The van der Waals surface area contributed by atoms with Gasteiger partial charge in [0.25, 0.3) is 5.91 Å². The van der Waals surface area contributed by atoms with Gasteiger partial charge in [-0.15, -0.1) is 5.10 Å². The van der Waals surface area contributed by atoms with Crippen molar-refractivity contribution in [2.24, 2.45) is 5.10 Å². The smallest absolute Gasteiger partial charge is 0.294 e. The van der Waals surface area contributed by atoms with Crippen LogP contribution in [-0.2, 0) is 11.3 Å². The Kier molecular flexibility index (Phi) is 6.06. The molecule has 3 heterocycles. The number of benzene rings is 1. The Hall–Kier alpha value is -3.55. The quantitative estimate of drug-likeness (QED) is 0.266. The summed E-state index contributed by atoms with van der Waals surface area (Å²) in [6.07, 6.45) is 1.27. The van der Waals surface area contributed by atoms with E-state index in [-0.39, 0.29) is 23.1 Å². The largest absolute Gasteiger partial charge is 0.507 e. The zero-order valence-electron chi connectivity index (χ0n) is 16.2. The molecule has 3 aromatic rings. The van der Waals surface area contributed by atoms with E-state index in [1.54, 1.807) is 0 Å². The van der Waals surface area contributed by atoms with Crippen LogP contribution in [0.3, 0.4) is 0 Å². The molecule has 5 N–H and O–H groups in total. The van der Waals surface area contributed by atoms with Gasteiger partial charge >= 0.3 is 0 Å². The van der Waals surface area contributed by atoms with E-state index >= 15 is 0 Å². The Balaban J connectivity index is 1.58. The highest BCUT2D eigenvalue weighted by molar-refractivity contribution is 6.30. The maximum Gasteiger partial charge on any atom is 0.294 e. The Morgan fingerprint density at radius 1 is 1.39 bits per heavy atom. The average molecular weight is 449 g/mol. The number of morpholine rings is 1. The lowest BCUT2D eigenvalue weighted by Gasteiger charge is -2.23. The Morgan fingerprint density at radius 2 is 2.19 bits per heavy atom. The normalized spacial score (nSPS) is 14.9. The van der Waals surface area contributed by atoms with E-state index in [2.05, 4.69) is 35.8 Å². The molecule has 0 aliphatic carbocycles. The van der Waals surface area contributed by atoms with Gasteiger partial charge in [-0.05, 0) is 28.5 Å². The molecule has 14 heteroatoms. The molecule has 1 fully saturated rings. The van der Waals surface area contributed by atoms with E-state index in [4.69, 9.17) is 22.1 Å². The molecule has 0 unspecified atom stereocenters. The van der Waals surface area contributed by atoms with E-state index in [0.717, 1.165) is 13.1 Å². The van der Waals surface area contributed by atoms with Crippen molar-refractivity contribution in [3.8, 4) is 11.6 Å². The fraction of sp³-hybridized carbons (Fsp3) is 0.294. The highest BCUT2D eigenvalue weighted by Gasteiger charge is 2.28. The highest BCUT2D eigenvalue weighted by atomic mass is 35.5. The van der Waals surface area contributed by atoms with Gasteiger partial charge in [-0.3, -0.25) is 4.79 Å². The predicted molar refractivity (Wildman–Crippen MR) is 107 cm³/mol. The average Bonchev–Trinajstić information content (AvgIpc) is 3.37. The molecule has 0 spiro atoms. The summed E-state index contributed by atoms with van der Waals surface area (Å²) in [5.74, 6) is -0.466. The van der Waals surface area contributed by atoms with Crippen LogP contribution in [0, 0.1) is 0 Å². The van der Waals surface area contributed by atoms with Crippen molar-refractivity contribution >= 4 is 29.5 Å². The molecule has 0 radical (unpaired) electrons. The molecule has 0 bridgehead atoms. The Bertz CT molecular complexity index is 1110. The zero-order chi connectivity index (χ0) is 21.8. The summed E-state index contributed by atoms with van der Waals surface area (Å²) in [5, 5.41) is 29.4. The molecule has 162 valence electrons. The topological polar surface area (TPSA) is 171 Å². The van der Waals surface area contributed by atoms with Crippen LogP contribution in [0.15, 0.2) is 27.9 Å². The lowest BCUT2D eigenvalue weighted by Crippen LogP contribution is -3.12. The third-order valence-electron chi connectivity index (χ3n) is 4.65. The second-order valence-electron chi connectivity index (χ2n) is 6.71. The number of carbonyl (C=O) groups is 1. The van der Waals surface area contributed by atoms with E-state index < -0.39 is 5.91 Å². The van der Waals surface area contributed by atoms with Crippen LogP contribution in [0.25, 0.3) is 5.82 Å². The van der Waals surface area contributed by atoms with Crippen molar-refractivity contribution in [1.82, 2.24) is 30.7 Å². The lowest BCUT2D eigenvalue weighted by atomic mass is 10.2. The summed E-state index contributed by atoms with van der Waals surface area (Å²) in [6, 6.07) is 4.48. The summed E-state index contributed by atoms with van der Waals surface area (Å²) in [6.45, 7) is 3.15. The molecule has 1 aromatic carbocycles. The van der Waals surface area contributed by atoms with E-state index in [9.17, 15) is 9.90 Å². The molecule has 1 aliphatic heterocycles. The minimum absolute atomic E-state index is 0.0181. The number of nitrogen functional groups attached to an aromatic ring is 1. The minimum atomic E-state index is -0.596. The number of hydrogen-bond donors (Lipinski definition) is 4. The number of phenols is 1. The number of aromatic nitrogens is 5. The number of carbonyl (C=O) groups excluding carboxylic acids is 1. The van der Waals surface area contributed by atoms with Crippen molar-refractivity contribution in [1.29, 1.82) is 0 Å². The van der Waals surface area contributed by atoms with Crippen LogP contribution in [0.4, 0.5) is 5.82 Å². The first-order valence-electron chi connectivity index (χ1n) is 9.29. The van der Waals surface area contributed by atoms with Gasteiger partial charge in [-0.1, -0.05) is 16.8 Å². The van der Waals surface area contributed by atoms with Crippen molar-refractivity contribution in [2.75, 3.05) is 32.0 Å². The first-order chi connectivity index (χ1) is 15.0. The van der Waals surface area contributed by atoms with Crippen molar-refractivity contribution in [3.05, 3.63) is 40.2 Å². The van der Waals surface area contributed by atoms with Crippen LogP contribution in [0.1, 0.15) is 21.7 Å². The Labute approximate surface area is 180 Å². The molecule has 2 aromatic heterocycles. The number of quaternary nitrogens is 1. The van der Waals surface area contributed by atoms with Gasteiger partial charge in [0.05, 0.1) is 19.4 Å². The van der Waals surface area contributed by atoms with Gasteiger partial charge in [0.2, 0.25) is 11.6 Å². The van der Waals surface area contributed by atoms with Gasteiger partial charge in [0, 0.05) is 10.6 Å². The number of amides is 1. The first kappa shape index (κ1) is 20.7. The number of nitrogens with two attached hydrogens (primary N) is 1. The molecular weight excluding hydrogens is 430 g/mol. The van der Waals surface area contributed by atoms with Crippen molar-refractivity contribution in [3.63, 3.8) is 0 Å². The minimum Gasteiger partial charge on any atom is -0.507 e. The fourth-order valence-corrected chi connectivity index (χ4v) is 3.24. The van der Waals surface area contributed by atoms with E-state index in [1.807, 2.05) is 0 Å². The van der Waals surface area contributed by atoms with E-state index in [1.165, 1.54) is 34.0 Å². The SMILES string of the molecule is Nc1nonc1-n1nnc(C(=O)N/N=C/c2cc(Cl)ccc2O)c1C[NH+]1CCOCC1. The lowest BCUT2D eigenvalue weighted by molar-refractivity contribution is -0.921. The van der Waals surface area contributed by atoms with Crippen LogP contribution in [0.2, 0.25) is 5.02 Å². The summed E-state index contributed by atoms with van der Waals surface area (Å²) < 4.78 is 11.4. The number of phenolic OH excluding ortho intramolecular Hbond substituents is 1. The summed E-state index contributed by atoms with van der Waals surface area (Å²) in [7, 11) is 0. The highest BCUT2D eigenvalue weighted by Crippen LogP contribution is 2.19. The molecule has 1 aliphatic rings. The second kappa shape index (κ2) is 9.07. The third-order valence-corrected chi connectivity index (χ3v) is 4.89. The van der Waals surface area contributed by atoms with Crippen LogP contribution < -0.4 is 16.1 Å². The molecule has 0 saturated carbocycles. The number of ether oxygens (including phenoxy) is 1. The summed E-state index contributed by atoms with van der Waals surface area (Å²) >= 11 is 5.91. The summed E-state index contributed by atoms with van der Waals surface area (Å²) in [4.78, 5) is 13.9. The number of aromatic hydroxyl groups is 1. The van der Waals surface area contributed by atoms with Crippen LogP contribution in [0.5, 0.6) is 5.75 Å². The van der Waals surface area contributed by atoms with Crippen molar-refractivity contribution < 1.29 is 24.2 Å². The third kappa shape index (κ3) is 4.63. The van der Waals surface area contributed by atoms with Gasteiger partial charge in [-0.25, -0.2) is 10.1 Å².